The van der Waals surface area contributed by atoms with Gasteiger partial charge in [-0.15, -0.1) is 0 Å². The van der Waals surface area contributed by atoms with Crippen LogP contribution in [0.1, 0.15) is 39.2 Å². The Morgan fingerprint density at radius 3 is 2.53 bits per heavy atom. The summed E-state index contributed by atoms with van der Waals surface area (Å²) in [7, 11) is 0. The Labute approximate surface area is 117 Å². The molecule has 0 radical (unpaired) electrons. The van der Waals surface area contributed by atoms with Crippen LogP contribution in [0, 0.1) is 11.3 Å². The molecule has 0 saturated carbocycles. The van der Waals surface area contributed by atoms with Crippen LogP contribution >= 0.6 is 0 Å². The number of anilines is 1. The van der Waals surface area contributed by atoms with E-state index in [1.165, 1.54) is 17.7 Å². The number of hydrogen-bond acceptors (Lipinski definition) is 2. The van der Waals surface area contributed by atoms with Crippen molar-refractivity contribution in [1.82, 2.24) is 0 Å². The summed E-state index contributed by atoms with van der Waals surface area (Å²) >= 11 is 0. The van der Waals surface area contributed by atoms with Crippen LogP contribution < -0.4 is 4.90 Å². The van der Waals surface area contributed by atoms with Crippen molar-refractivity contribution in [3.63, 3.8) is 0 Å². The molecule has 1 aromatic rings. The smallest absolute Gasteiger partial charge is 0.0434 e. The lowest BCUT2D eigenvalue weighted by Crippen LogP contribution is -2.45. The van der Waals surface area contributed by atoms with Crippen LogP contribution in [-0.4, -0.2) is 24.8 Å². The van der Waals surface area contributed by atoms with Crippen LogP contribution in [0.5, 0.6) is 0 Å². The van der Waals surface area contributed by atoms with Crippen molar-refractivity contribution in [1.29, 1.82) is 0 Å². The fourth-order valence-electron chi connectivity index (χ4n) is 3.05. The third kappa shape index (κ3) is 3.30. The molecule has 0 amide bonds. The fourth-order valence-corrected chi connectivity index (χ4v) is 3.05. The molecule has 1 N–H and O–H groups in total. The number of piperidine rings is 1. The Hall–Kier alpha value is -1.02. The molecule has 106 valence electrons. The Morgan fingerprint density at radius 1 is 1.26 bits per heavy atom. The summed E-state index contributed by atoms with van der Waals surface area (Å²) < 4.78 is 0. The summed E-state index contributed by atoms with van der Waals surface area (Å²) in [6, 6.07) is 8.95. The molecule has 1 aliphatic heterocycles. The Kier molecular flexibility index (Phi) is 4.51. The van der Waals surface area contributed by atoms with E-state index < -0.39 is 0 Å². The van der Waals surface area contributed by atoms with Crippen LogP contribution in [0.25, 0.3) is 0 Å². The van der Waals surface area contributed by atoms with E-state index in [1.807, 2.05) is 0 Å². The molecule has 2 rings (SSSR count). The van der Waals surface area contributed by atoms with Crippen molar-refractivity contribution in [2.24, 2.45) is 11.3 Å². The number of benzene rings is 1. The van der Waals surface area contributed by atoms with E-state index in [4.69, 9.17) is 0 Å². The minimum Gasteiger partial charge on any atom is -0.396 e. The van der Waals surface area contributed by atoms with Gasteiger partial charge in [-0.25, -0.2) is 0 Å². The second-order valence-corrected chi connectivity index (χ2v) is 6.41. The number of aryl methyl sites for hydroxylation is 1. The fraction of sp³-hybridized carbons (Fsp3) is 0.647. The molecule has 0 bridgehead atoms. The topological polar surface area (TPSA) is 23.5 Å². The molecule has 1 aromatic carbocycles. The monoisotopic (exact) mass is 261 g/mol. The number of aliphatic hydroxyl groups excluding tert-OH is 1. The van der Waals surface area contributed by atoms with Crippen LogP contribution in [0.15, 0.2) is 24.3 Å². The zero-order valence-electron chi connectivity index (χ0n) is 12.5. The zero-order valence-corrected chi connectivity index (χ0v) is 12.5. The van der Waals surface area contributed by atoms with Crippen molar-refractivity contribution in [3.8, 4) is 0 Å². The maximum Gasteiger partial charge on any atom is 0.0434 e. The first-order chi connectivity index (χ1) is 9.06. The summed E-state index contributed by atoms with van der Waals surface area (Å²) in [6.07, 6.45) is 3.21. The first-order valence-electron chi connectivity index (χ1n) is 7.51. The second-order valence-electron chi connectivity index (χ2n) is 6.41. The normalized spacial score (nSPS) is 22.5. The minimum absolute atomic E-state index is 0.302. The minimum atomic E-state index is 0.302. The maximum absolute atomic E-state index is 9.26. The standard InChI is InChI=1S/C17H27NO/c1-4-14-5-7-16(8-6-14)18-11-10-17(2,3)15(13-18)9-12-19/h5-8,15,19H,4,9-13H2,1-3H3. The lowest BCUT2D eigenvalue weighted by molar-refractivity contribution is 0.132. The van der Waals surface area contributed by atoms with Crippen LogP contribution in [-0.2, 0) is 6.42 Å². The predicted molar refractivity (Wildman–Crippen MR) is 81.6 cm³/mol. The van der Waals surface area contributed by atoms with Gasteiger partial charge in [0.1, 0.15) is 0 Å². The van der Waals surface area contributed by atoms with E-state index in [9.17, 15) is 5.11 Å². The Morgan fingerprint density at radius 2 is 1.95 bits per heavy atom. The molecule has 0 aliphatic carbocycles. The van der Waals surface area contributed by atoms with E-state index in [0.29, 0.717) is 17.9 Å². The first kappa shape index (κ1) is 14.4. The van der Waals surface area contributed by atoms with Crippen molar-refractivity contribution in [3.05, 3.63) is 29.8 Å². The molecule has 1 saturated heterocycles. The van der Waals surface area contributed by atoms with E-state index in [2.05, 4.69) is 49.9 Å². The van der Waals surface area contributed by atoms with Gasteiger partial charge in [0, 0.05) is 25.4 Å². The number of aliphatic hydroxyl groups is 1. The van der Waals surface area contributed by atoms with Crippen LogP contribution in [0.2, 0.25) is 0 Å². The second kappa shape index (κ2) is 5.96. The summed E-state index contributed by atoms with van der Waals surface area (Å²) in [5.74, 6) is 0.581. The largest absolute Gasteiger partial charge is 0.396 e. The molecule has 19 heavy (non-hydrogen) atoms. The van der Waals surface area contributed by atoms with Crippen LogP contribution in [0.3, 0.4) is 0 Å². The molecule has 1 fully saturated rings. The van der Waals surface area contributed by atoms with Gasteiger partial charge in [0.25, 0.3) is 0 Å². The van der Waals surface area contributed by atoms with E-state index in [0.717, 1.165) is 25.9 Å². The van der Waals surface area contributed by atoms with Gasteiger partial charge >= 0.3 is 0 Å². The highest BCUT2D eigenvalue weighted by Crippen LogP contribution is 2.38. The first-order valence-corrected chi connectivity index (χ1v) is 7.51. The Balaban J connectivity index is 2.09. The molecule has 1 unspecified atom stereocenters. The van der Waals surface area contributed by atoms with Crippen molar-refractivity contribution in [2.45, 2.75) is 40.0 Å². The van der Waals surface area contributed by atoms with Gasteiger partial charge < -0.3 is 10.0 Å². The van der Waals surface area contributed by atoms with Gasteiger partial charge in [0.05, 0.1) is 0 Å². The molecule has 2 nitrogen and oxygen atoms in total. The number of rotatable bonds is 4. The lowest BCUT2D eigenvalue weighted by atomic mass is 9.72. The van der Waals surface area contributed by atoms with E-state index >= 15 is 0 Å². The highest BCUT2D eigenvalue weighted by atomic mass is 16.3. The number of nitrogens with zero attached hydrogens (tertiary/aromatic N) is 1. The van der Waals surface area contributed by atoms with Crippen molar-refractivity contribution in [2.75, 3.05) is 24.6 Å². The van der Waals surface area contributed by atoms with Gasteiger partial charge in [-0.2, -0.15) is 0 Å². The molecular formula is C17H27NO. The quantitative estimate of drug-likeness (QED) is 0.897. The molecule has 2 heteroatoms. The third-order valence-corrected chi connectivity index (χ3v) is 4.76. The molecule has 1 heterocycles. The molecule has 0 spiro atoms. The lowest BCUT2D eigenvalue weighted by Gasteiger charge is -2.45. The summed E-state index contributed by atoms with van der Waals surface area (Å²) in [4.78, 5) is 2.48. The zero-order chi connectivity index (χ0) is 13.9. The van der Waals surface area contributed by atoms with Gasteiger partial charge in [-0.1, -0.05) is 32.9 Å². The predicted octanol–water partition coefficient (Wildman–Crippen LogP) is 3.48. The SMILES string of the molecule is CCc1ccc(N2CCC(C)(C)C(CCO)C2)cc1. The van der Waals surface area contributed by atoms with Gasteiger partial charge in [-0.3, -0.25) is 0 Å². The molecule has 1 atom stereocenters. The number of hydrogen-bond donors (Lipinski definition) is 1. The summed E-state index contributed by atoms with van der Waals surface area (Å²) in [5, 5.41) is 9.26. The van der Waals surface area contributed by atoms with Crippen LogP contribution in [0.4, 0.5) is 5.69 Å². The van der Waals surface area contributed by atoms with Crippen molar-refractivity contribution < 1.29 is 5.11 Å². The summed E-state index contributed by atoms with van der Waals surface area (Å²) in [5.41, 5.74) is 3.08. The van der Waals surface area contributed by atoms with E-state index in [1.54, 1.807) is 0 Å². The van der Waals surface area contributed by atoms with E-state index in [-0.39, 0.29) is 0 Å². The summed E-state index contributed by atoms with van der Waals surface area (Å²) in [6.45, 7) is 9.36. The van der Waals surface area contributed by atoms with Crippen molar-refractivity contribution >= 4 is 5.69 Å². The maximum atomic E-state index is 9.26. The average Bonchev–Trinajstić information content (AvgIpc) is 2.41. The Bertz CT molecular complexity index is 396. The molecular weight excluding hydrogens is 234 g/mol. The highest BCUT2D eigenvalue weighted by molar-refractivity contribution is 5.48. The third-order valence-electron chi connectivity index (χ3n) is 4.76. The molecule has 0 aromatic heterocycles. The molecule has 1 aliphatic rings. The van der Waals surface area contributed by atoms with Gasteiger partial charge in [0.15, 0.2) is 0 Å². The average molecular weight is 261 g/mol. The van der Waals surface area contributed by atoms with Gasteiger partial charge in [0.2, 0.25) is 0 Å². The highest BCUT2D eigenvalue weighted by Gasteiger charge is 2.34. The van der Waals surface area contributed by atoms with Gasteiger partial charge in [-0.05, 0) is 48.3 Å².